The van der Waals surface area contributed by atoms with Crippen molar-refractivity contribution in [3.8, 4) is 0 Å². The van der Waals surface area contributed by atoms with Crippen LogP contribution in [0, 0.1) is 17.3 Å². The van der Waals surface area contributed by atoms with E-state index in [0.717, 1.165) is 17.3 Å². The van der Waals surface area contributed by atoms with Crippen molar-refractivity contribution in [1.29, 1.82) is 0 Å². The Kier molecular flexibility index (Phi) is 1.33. The monoisotopic (exact) mass is 138 g/mol. The van der Waals surface area contributed by atoms with Gasteiger partial charge in [-0.25, -0.2) is 0 Å². The van der Waals surface area contributed by atoms with Crippen LogP contribution in [0.3, 0.4) is 0 Å². The van der Waals surface area contributed by atoms with Crippen molar-refractivity contribution in [3.05, 3.63) is 0 Å². The smallest absolute Gasteiger partial charge is 0.0295 e. The molecule has 2 fully saturated rings. The molecule has 0 aromatic rings. The van der Waals surface area contributed by atoms with Crippen LogP contribution in [0.25, 0.3) is 0 Å². The van der Waals surface area contributed by atoms with Gasteiger partial charge in [-0.3, -0.25) is 0 Å². The highest BCUT2D eigenvalue weighted by Crippen LogP contribution is 2.55. The van der Waals surface area contributed by atoms with E-state index in [1.54, 1.807) is 0 Å². The summed E-state index contributed by atoms with van der Waals surface area (Å²) >= 11 is 0. The van der Waals surface area contributed by atoms with Crippen molar-refractivity contribution < 1.29 is 0 Å². The lowest BCUT2D eigenvalue weighted by atomic mass is 9.83. The van der Waals surface area contributed by atoms with E-state index in [4.69, 9.17) is 0 Å². The summed E-state index contributed by atoms with van der Waals surface area (Å²) in [6.45, 7) is 4.93. The summed E-state index contributed by atoms with van der Waals surface area (Å²) in [6.07, 6.45) is 7.59. The Balaban J connectivity index is 2.15. The lowest BCUT2D eigenvalue weighted by molar-refractivity contribution is 0.273. The van der Waals surface area contributed by atoms with Gasteiger partial charge in [0.1, 0.15) is 0 Å². The Morgan fingerprint density at radius 2 is 2.20 bits per heavy atom. The topological polar surface area (TPSA) is 0 Å². The predicted molar refractivity (Wildman–Crippen MR) is 43.8 cm³/mol. The first kappa shape index (κ1) is 6.69. The van der Waals surface area contributed by atoms with E-state index in [9.17, 15) is 0 Å². The zero-order chi connectivity index (χ0) is 7.19. The Morgan fingerprint density at radius 1 is 1.40 bits per heavy atom. The van der Waals surface area contributed by atoms with Gasteiger partial charge in [0, 0.05) is 0 Å². The summed E-state index contributed by atoms with van der Waals surface area (Å²) < 4.78 is 0. The first-order valence-corrected chi connectivity index (χ1v) is 4.71. The second-order valence-electron chi connectivity index (χ2n) is 4.79. The van der Waals surface area contributed by atoms with Gasteiger partial charge in [0.15, 0.2) is 0 Å². The van der Waals surface area contributed by atoms with Crippen molar-refractivity contribution in [2.24, 2.45) is 17.3 Å². The molecule has 0 nitrogen and oxygen atoms in total. The van der Waals surface area contributed by atoms with Gasteiger partial charge in [-0.05, 0) is 42.9 Å². The zero-order valence-electron chi connectivity index (χ0n) is 7.19. The van der Waals surface area contributed by atoms with Gasteiger partial charge in [-0.2, -0.15) is 0 Å². The number of fused-ring (bicyclic) bond motifs is 1. The lowest BCUT2D eigenvalue weighted by Gasteiger charge is -2.22. The third-order valence-corrected chi connectivity index (χ3v) is 3.79. The average molecular weight is 138 g/mol. The van der Waals surface area contributed by atoms with E-state index in [0.29, 0.717) is 0 Å². The summed E-state index contributed by atoms with van der Waals surface area (Å²) in [5.41, 5.74) is 0.777. The fourth-order valence-corrected chi connectivity index (χ4v) is 3.34. The Bertz CT molecular complexity index is 139. The molecule has 0 amide bonds. The molecule has 0 heteroatoms. The Morgan fingerprint density at radius 3 is 2.90 bits per heavy atom. The van der Waals surface area contributed by atoms with Crippen LogP contribution >= 0.6 is 0 Å². The Labute approximate surface area is 64.0 Å². The Hall–Kier alpha value is 0. The minimum absolute atomic E-state index is 0.777. The van der Waals surface area contributed by atoms with E-state index < -0.39 is 0 Å². The van der Waals surface area contributed by atoms with Crippen LogP contribution < -0.4 is 0 Å². The van der Waals surface area contributed by atoms with Gasteiger partial charge in [0.05, 0.1) is 0 Å². The van der Waals surface area contributed by atoms with E-state index in [2.05, 4.69) is 13.8 Å². The molecule has 2 rings (SSSR count). The first-order valence-electron chi connectivity index (χ1n) is 4.71. The number of hydrogen-bond donors (Lipinski definition) is 0. The summed E-state index contributed by atoms with van der Waals surface area (Å²) in [5.74, 6) is 2.12. The molecule has 0 N–H and O–H groups in total. The normalized spacial score (nSPS) is 53.4. The van der Waals surface area contributed by atoms with Gasteiger partial charge in [0.25, 0.3) is 0 Å². The summed E-state index contributed by atoms with van der Waals surface area (Å²) in [4.78, 5) is 0. The fraction of sp³-hybridized carbons (Fsp3) is 1.00. The molecule has 3 unspecified atom stereocenters. The van der Waals surface area contributed by atoms with Gasteiger partial charge < -0.3 is 0 Å². The highest BCUT2D eigenvalue weighted by Gasteiger charge is 2.44. The summed E-state index contributed by atoms with van der Waals surface area (Å²) in [6, 6.07) is 0. The fourth-order valence-electron chi connectivity index (χ4n) is 3.34. The molecular formula is C10H18. The van der Waals surface area contributed by atoms with Gasteiger partial charge in [0.2, 0.25) is 0 Å². The summed E-state index contributed by atoms with van der Waals surface area (Å²) in [7, 11) is 0. The molecule has 2 aliphatic rings. The molecule has 0 aliphatic heterocycles. The molecule has 0 heterocycles. The maximum atomic E-state index is 2.51. The molecule has 0 bridgehead atoms. The second kappa shape index (κ2) is 1.99. The molecule has 10 heavy (non-hydrogen) atoms. The second-order valence-corrected chi connectivity index (χ2v) is 4.79. The van der Waals surface area contributed by atoms with E-state index in [1.165, 1.54) is 32.1 Å². The third-order valence-electron chi connectivity index (χ3n) is 3.79. The molecule has 0 aromatic heterocycles. The molecule has 3 atom stereocenters. The standard InChI is InChI=1S/C10H18/c1-8-6-9-4-3-5-10(9,2)7-8/h8-9H,3-7H2,1-2H3. The molecule has 0 saturated heterocycles. The van der Waals surface area contributed by atoms with Crippen LogP contribution in [0.2, 0.25) is 0 Å². The largest absolute Gasteiger partial charge is 0.0625 e. The molecule has 0 spiro atoms. The lowest BCUT2D eigenvalue weighted by Crippen LogP contribution is -2.13. The molecular weight excluding hydrogens is 120 g/mol. The molecule has 2 aliphatic carbocycles. The van der Waals surface area contributed by atoms with Crippen LogP contribution in [0.15, 0.2) is 0 Å². The van der Waals surface area contributed by atoms with Gasteiger partial charge in [-0.15, -0.1) is 0 Å². The average Bonchev–Trinajstić information content (AvgIpc) is 2.20. The number of rotatable bonds is 0. The molecule has 58 valence electrons. The van der Waals surface area contributed by atoms with Crippen LogP contribution in [0.1, 0.15) is 46.0 Å². The highest BCUT2D eigenvalue weighted by atomic mass is 14.5. The number of hydrogen-bond acceptors (Lipinski definition) is 0. The third kappa shape index (κ3) is 0.810. The van der Waals surface area contributed by atoms with Crippen molar-refractivity contribution in [2.45, 2.75) is 46.0 Å². The zero-order valence-corrected chi connectivity index (χ0v) is 7.19. The van der Waals surface area contributed by atoms with E-state index in [1.807, 2.05) is 0 Å². The van der Waals surface area contributed by atoms with Crippen molar-refractivity contribution in [3.63, 3.8) is 0 Å². The van der Waals surface area contributed by atoms with Crippen LogP contribution in [0.4, 0.5) is 0 Å². The summed E-state index contributed by atoms with van der Waals surface area (Å²) in [5, 5.41) is 0. The van der Waals surface area contributed by atoms with E-state index >= 15 is 0 Å². The van der Waals surface area contributed by atoms with Crippen LogP contribution in [-0.2, 0) is 0 Å². The predicted octanol–water partition coefficient (Wildman–Crippen LogP) is 3.22. The quantitative estimate of drug-likeness (QED) is 0.482. The van der Waals surface area contributed by atoms with Crippen molar-refractivity contribution in [1.82, 2.24) is 0 Å². The van der Waals surface area contributed by atoms with Crippen LogP contribution in [-0.4, -0.2) is 0 Å². The van der Waals surface area contributed by atoms with Gasteiger partial charge >= 0.3 is 0 Å². The maximum Gasteiger partial charge on any atom is -0.0295 e. The highest BCUT2D eigenvalue weighted by molar-refractivity contribution is 4.95. The molecule has 2 saturated carbocycles. The van der Waals surface area contributed by atoms with Gasteiger partial charge in [-0.1, -0.05) is 20.3 Å². The van der Waals surface area contributed by atoms with Crippen molar-refractivity contribution in [2.75, 3.05) is 0 Å². The first-order chi connectivity index (χ1) is 4.71. The molecule has 0 radical (unpaired) electrons. The maximum absolute atomic E-state index is 2.51. The van der Waals surface area contributed by atoms with Crippen LogP contribution in [0.5, 0.6) is 0 Å². The molecule has 0 aromatic carbocycles. The van der Waals surface area contributed by atoms with Crippen molar-refractivity contribution >= 4 is 0 Å². The van der Waals surface area contributed by atoms with E-state index in [-0.39, 0.29) is 0 Å². The minimum Gasteiger partial charge on any atom is -0.0625 e. The SMILES string of the molecule is CC1CC2CCCC2(C)C1. The minimum atomic E-state index is 0.777.